The van der Waals surface area contributed by atoms with Crippen LogP contribution >= 0.6 is 0 Å². The normalized spacial score (nSPS) is 12.5. The van der Waals surface area contributed by atoms with Crippen molar-refractivity contribution in [1.29, 1.82) is 0 Å². The van der Waals surface area contributed by atoms with Gasteiger partial charge in [-0.1, -0.05) is 6.07 Å². The Hall–Kier alpha value is -4.38. The SMILES string of the molecule is CCOc1ccc(NS(=O)(=O)c2cccc(C(=O)OCC(=O)c3ccc4c(c3)NC(=O)CO4)c2)cc1. The molecule has 0 fully saturated rings. The van der Waals surface area contributed by atoms with E-state index in [1.807, 2.05) is 6.92 Å². The smallest absolute Gasteiger partial charge is 0.338 e. The van der Waals surface area contributed by atoms with Crippen LogP contribution < -0.4 is 19.5 Å². The Labute approximate surface area is 207 Å². The molecule has 0 radical (unpaired) electrons. The number of sulfonamides is 1. The Morgan fingerprint density at radius 3 is 2.56 bits per heavy atom. The summed E-state index contributed by atoms with van der Waals surface area (Å²) < 4.78 is 43.7. The molecule has 4 rings (SSSR count). The van der Waals surface area contributed by atoms with E-state index in [-0.39, 0.29) is 28.5 Å². The van der Waals surface area contributed by atoms with Gasteiger partial charge in [0.25, 0.3) is 15.9 Å². The second-order valence-electron chi connectivity index (χ2n) is 7.64. The number of Topliss-reactive ketones (excluding diaryl/α,β-unsaturated/α-hetero) is 1. The molecule has 1 aliphatic rings. The molecule has 2 N–H and O–H groups in total. The van der Waals surface area contributed by atoms with Gasteiger partial charge in [0.05, 0.1) is 22.8 Å². The van der Waals surface area contributed by atoms with Crippen LogP contribution in [-0.2, 0) is 19.6 Å². The molecule has 1 amide bonds. The number of carbonyl (C=O) groups is 3. The number of amides is 1. The molecule has 0 aliphatic carbocycles. The van der Waals surface area contributed by atoms with E-state index in [1.54, 1.807) is 24.3 Å². The zero-order valence-corrected chi connectivity index (χ0v) is 20.0. The van der Waals surface area contributed by atoms with Gasteiger partial charge in [0.1, 0.15) is 11.5 Å². The Morgan fingerprint density at radius 2 is 1.81 bits per heavy atom. The fourth-order valence-corrected chi connectivity index (χ4v) is 4.45. The van der Waals surface area contributed by atoms with Gasteiger partial charge in [-0.15, -0.1) is 0 Å². The number of anilines is 2. The molecule has 0 aromatic heterocycles. The molecular weight excluding hydrogens is 488 g/mol. The standard InChI is InChI=1S/C25H22N2O8S/c1-2-33-19-9-7-18(8-10-19)27-36(31,32)20-5-3-4-17(12-20)25(30)35-14-22(28)16-6-11-23-21(13-16)26-24(29)15-34-23/h3-13,27H,2,14-15H2,1H3,(H,26,29). The van der Waals surface area contributed by atoms with Crippen LogP contribution in [0, 0.1) is 0 Å². The molecule has 0 unspecified atom stereocenters. The third kappa shape index (κ3) is 5.81. The third-order valence-corrected chi connectivity index (χ3v) is 6.45. The highest BCUT2D eigenvalue weighted by atomic mass is 32.2. The number of hydrogen-bond donors (Lipinski definition) is 2. The molecule has 3 aromatic rings. The largest absolute Gasteiger partial charge is 0.494 e. The number of ether oxygens (including phenoxy) is 3. The van der Waals surface area contributed by atoms with Gasteiger partial charge in [-0.2, -0.15) is 0 Å². The summed E-state index contributed by atoms with van der Waals surface area (Å²) in [6.07, 6.45) is 0. The summed E-state index contributed by atoms with van der Waals surface area (Å²) in [4.78, 5) is 36.3. The molecule has 0 saturated carbocycles. The number of fused-ring (bicyclic) bond motifs is 1. The van der Waals surface area contributed by atoms with E-state index in [9.17, 15) is 22.8 Å². The molecule has 36 heavy (non-hydrogen) atoms. The second kappa shape index (κ2) is 10.5. The van der Waals surface area contributed by atoms with Crippen molar-refractivity contribution in [1.82, 2.24) is 0 Å². The summed E-state index contributed by atoms with van der Waals surface area (Å²) in [5, 5.41) is 2.60. The van der Waals surface area contributed by atoms with Gasteiger partial charge in [-0.05, 0) is 67.6 Å². The first-order valence-corrected chi connectivity index (χ1v) is 12.4. The van der Waals surface area contributed by atoms with Crippen molar-refractivity contribution in [2.45, 2.75) is 11.8 Å². The van der Waals surface area contributed by atoms with Crippen molar-refractivity contribution in [3.05, 3.63) is 77.9 Å². The van der Waals surface area contributed by atoms with Crippen LogP contribution in [0.3, 0.4) is 0 Å². The molecule has 0 saturated heterocycles. The number of hydrogen-bond acceptors (Lipinski definition) is 8. The molecule has 0 spiro atoms. The first kappa shape index (κ1) is 24.7. The molecule has 0 bridgehead atoms. The minimum Gasteiger partial charge on any atom is -0.494 e. The van der Waals surface area contributed by atoms with Gasteiger partial charge in [0.2, 0.25) is 0 Å². The monoisotopic (exact) mass is 510 g/mol. The highest BCUT2D eigenvalue weighted by Crippen LogP contribution is 2.28. The Morgan fingerprint density at radius 1 is 1.03 bits per heavy atom. The fraction of sp³-hybridized carbons (Fsp3) is 0.160. The lowest BCUT2D eigenvalue weighted by atomic mass is 10.1. The minimum absolute atomic E-state index is 0.0385. The van der Waals surface area contributed by atoms with Gasteiger partial charge in [-0.3, -0.25) is 14.3 Å². The number of ketones is 1. The Bertz CT molecular complexity index is 1420. The summed E-state index contributed by atoms with van der Waals surface area (Å²) in [6.45, 7) is 1.64. The van der Waals surface area contributed by atoms with Gasteiger partial charge in [0.15, 0.2) is 19.0 Å². The van der Waals surface area contributed by atoms with Crippen molar-refractivity contribution in [3.63, 3.8) is 0 Å². The van der Waals surface area contributed by atoms with Crippen molar-refractivity contribution >= 4 is 39.1 Å². The van der Waals surface area contributed by atoms with Crippen molar-refractivity contribution in [2.24, 2.45) is 0 Å². The third-order valence-electron chi connectivity index (χ3n) is 5.07. The molecule has 3 aromatic carbocycles. The Balaban J connectivity index is 1.40. The van der Waals surface area contributed by atoms with Gasteiger partial charge < -0.3 is 19.5 Å². The van der Waals surface area contributed by atoms with Crippen LogP contribution in [0.15, 0.2) is 71.6 Å². The van der Waals surface area contributed by atoms with E-state index in [0.717, 1.165) is 6.07 Å². The fourth-order valence-electron chi connectivity index (χ4n) is 3.34. The molecular formula is C25H22N2O8S. The number of rotatable bonds is 9. The number of nitrogens with one attached hydrogen (secondary N) is 2. The first-order valence-electron chi connectivity index (χ1n) is 10.9. The maximum Gasteiger partial charge on any atom is 0.338 e. The summed E-state index contributed by atoms with van der Waals surface area (Å²) >= 11 is 0. The Kier molecular flexibility index (Phi) is 7.20. The van der Waals surface area contributed by atoms with Gasteiger partial charge in [-0.25, -0.2) is 13.2 Å². The van der Waals surface area contributed by atoms with E-state index in [0.29, 0.717) is 29.5 Å². The summed E-state index contributed by atoms with van der Waals surface area (Å²) in [5.41, 5.74) is 0.844. The average molecular weight is 511 g/mol. The lowest BCUT2D eigenvalue weighted by Gasteiger charge is -2.18. The van der Waals surface area contributed by atoms with Crippen molar-refractivity contribution < 1.29 is 37.0 Å². The minimum atomic E-state index is -3.99. The van der Waals surface area contributed by atoms with E-state index < -0.39 is 28.4 Å². The van der Waals surface area contributed by atoms with Crippen LogP contribution in [0.1, 0.15) is 27.6 Å². The van der Waals surface area contributed by atoms with E-state index in [2.05, 4.69) is 10.0 Å². The number of esters is 1. The molecule has 186 valence electrons. The predicted molar refractivity (Wildman–Crippen MR) is 130 cm³/mol. The average Bonchev–Trinajstić information content (AvgIpc) is 2.88. The maximum absolute atomic E-state index is 12.8. The first-order chi connectivity index (χ1) is 17.2. The highest BCUT2D eigenvalue weighted by molar-refractivity contribution is 7.92. The van der Waals surface area contributed by atoms with E-state index in [4.69, 9.17) is 14.2 Å². The molecule has 1 heterocycles. The van der Waals surface area contributed by atoms with Crippen LogP contribution in [-0.4, -0.2) is 45.9 Å². The number of benzene rings is 3. The summed E-state index contributed by atoms with van der Waals surface area (Å²) in [6, 6.07) is 16.1. The van der Waals surface area contributed by atoms with Crippen LogP contribution in [0.25, 0.3) is 0 Å². The topological polar surface area (TPSA) is 137 Å². The van der Waals surface area contributed by atoms with Gasteiger partial charge in [0, 0.05) is 11.3 Å². The van der Waals surface area contributed by atoms with Crippen molar-refractivity contribution in [2.75, 3.05) is 29.9 Å². The lowest BCUT2D eigenvalue weighted by Crippen LogP contribution is -2.25. The molecule has 11 heteroatoms. The predicted octanol–water partition coefficient (Wildman–Crippen LogP) is 3.26. The summed E-state index contributed by atoms with van der Waals surface area (Å²) in [7, 11) is -3.99. The zero-order chi connectivity index (χ0) is 25.7. The second-order valence-corrected chi connectivity index (χ2v) is 9.32. The van der Waals surface area contributed by atoms with Crippen molar-refractivity contribution in [3.8, 4) is 11.5 Å². The maximum atomic E-state index is 12.8. The zero-order valence-electron chi connectivity index (χ0n) is 19.1. The molecule has 1 aliphatic heterocycles. The van der Waals surface area contributed by atoms with Crippen LogP contribution in [0.4, 0.5) is 11.4 Å². The lowest BCUT2D eigenvalue weighted by molar-refractivity contribution is -0.118. The molecule has 0 atom stereocenters. The molecule has 10 nitrogen and oxygen atoms in total. The highest BCUT2D eigenvalue weighted by Gasteiger charge is 2.20. The quantitative estimate of drug-likeness (QED) is 0.331. The van der Waals surface area contributed by atoms with E-state index >= 15 is 0 Å². The van der Waals surface area contributed by atoms with Gasteiger partial charge >= 0.3 is 5.97 Å². The summed E-state index contributed by atoms with van der Waals surface area (Å²) in [5.74, 6) is -0.679. The van der Waals surface area contributed by atoms with Crippen LogP contribution in [0.2, 0.25) is 0 Å². The van der Waals surface area contributed by atoms with Crippen LogP contribution in [0.5, 0.6) is 11.5 Å². The van der Waals surface area contributed by atoms with E-state index in [1.165, 1.54) is 36.4 Å². The number of carbonyl (C=O) groups excluding carboxylic acids is 3.